The summed E-state index contributed by atoms with van der Waals surface area (Å²) in [7, 11) is 0. The van der Waals surface area contributed by atoms with Crippen molar-refractivity contribution >= 4 is 11.3 Å². The molecule has 2 nitrogen and oxygen atoms in total. The molecule has 120 valence electrons. The van der Waals surface area contributed by atoms with Crippen molar-refractivity contribution in [1.82, 2.24) is 0 Å². The summed E-state index contributed by atoms with van der Waals surface area (Å²) in [5, 5.41) is 0. The fourth-order valence-corrected chi connectivity index (χ4v) is 4.29. The molecule has 0 saturated carbocycles. The molecule has 0 spiro atoms. The van der Waals surface area contributed by atoms with Crippen LogP contribution in [-0.2, 0) is 4.74 Å². The van der Waals surface area contributed by atoms with Crippen molar-refractivity contribution in [2.24, 2.45) is 10.8 Å². The average Bonchev–Trinajstić information content (AvgIpc) is 2.45. The summed E-state index contributed by atoms with van der Waals surface area (Å²) in [5.74, 6) is 0. The van der Waals surface area contributed by atoms with Crippen LogP contribution in [0.4, 0.5) is 5.69 Å². The van der Waals surface area contributed by atoms with Crippen LogP contribution in [0.3, 0.4) is 0 Å². The first-order valence-electron chi connectivity index (χ1n) is 8.50. The molecule has 1 aliphatic heterocycles. The highest BCUT2D eigenvalue weighted by molar-refractivity contribution is 5.71. The van der Waals surface area contributed by atoms with Gasteiger partial charge in [0, 0.05) is 18.8 Å². The van der Waals surface area contributed by atoms with Crippen LogP contribution >= 0.6 is 0 Å². The second-order valence-corrected chi connectivity index (χ2v) is 8.33. The van der Waals surface area contributed by atoms with Crippen LogP contribution in [0.15, 0.2) is 30.3 Å². The Morgan fingerprint density at radius 1 is 1.05 bits per heavy atom. The van der Waals surface area contributed by atoms with Gasteiger partial charge in [0.15, 0.2) is 0 Å². The molecule has 1 aromatic rings. The second-order valence-electron chi connectivity index (χ2n) is 8.33. The van der Waals surface area contributed by atoms with Gasteiger partial charge >= 0.3 is 0 Å². The van der Waals surface area contributed by atoms with E-state index in [1.165, 1.54) is 29.7 Å². The van der Waals surface area contributed by atoms with Crippen molar-refractivity contribution < 1.29 is 4.74 Å². The Morgan fingerprint density at radius 3 is 2.45 bits per heavy atom. The number of benzene rings is 1. The van der Waals surface area contributed by atoms with E-state index < -0.39 is 0 Å². The maximum absolute atomic E-state index is 5.47. The van der Waals surface area contributed by atoms with Gasteiger partial charge in [-0.3, -0.25) is 0 Å². The Bertz CT molecular complexity index is 565. The van der Waals surface area contributed by atoms with Crippen LogP contribution in [-0.4, -0.2) is 26.3 Å². The summed E-state index contributed by atoms with van der Waals surface area (Å²) in [5.41, 5.74) is 4.90. The predicted octanol–water partition coefficient (Wildman–Crippen LogP) is 4.75. The van der Waals surface area contributed by atoms with Gasteiger partial charge in [0.2, 0.25) is 0 Å². The lowest BCUT2D eigenvalue weighted by atomic mass is 9.66. The van der Waals surface area contributed by atoms with Gasteiger partial charge in [0.1, 0.15) is 0 Å². The van der Waals surface area contributed by atoms with Gasteiger partial charge < -0.3 is 9.64 Å². The first-order chi connectivity index (χ1) is 10.3. The normalized spacial score (nSPS) is 24.0. The topological polar surface area (TPSA) is 12.5 Å². The molecule has 1 heterocycles. The number of allylic oxidation sites excluding steroid dienone is 2. The monoisotopic (exact) mass is 299 g/mol. The van der Waals surface area contributed by atoms with Crippen molar-refractivity contribution in [3.63, 3.8) is 0 Å². The van der Waals surface area contributed by atoms with Crippen LogP contribution in [0, 0.1) is 10.8 Å². The van der Waals surface area contributed by atoms with E-state index in [0.29, 0.717) is 5.41 Å². The maximum Gasteiger partial charge on any atom is 0.0642 e. The van der Waals surface area contributed by atoms with Crippen LogP contribution < -0.4 is 4.90 Å². The predicted molar refractivity (Wildman–Crippen MR) is 94.2 cm³/mol. The number of hydrogen-bond donors (Lipinski definition) is 0. The lowest BCUT2D eigenvalue weighted by molar-refractivity contribution is 0.122. The number of rotatable bonds is 2. The summed E-state index contributed by atoms with van der Waals surface area (Å²) in [4.78, 5) is 2.44. The summed E-state index contributed by atoms with van der Waals surface area (Å²) in [6, 6.07) is 9.08. The van der Waals surface area contributed by atoms with Gasteiger partial charge in [-0.25, -0.2) is 0 Å². The molecule has 0 atom stereocenters. The minimum absolute atomic E-state index is 0.284. The standard InChI is InChI=1S/C20H29NO/c1-19(2)13-17(14-20(3,4)15-19)16-6-5-7-18(12-16)21-8-10-22-11-9-21/h5-7,12-13H,8-11,14-15H2,1-4H3. The van der Waals surface area contributed by atoms with Gasteiger partial charge in [-0.15, -0.1) is 0 Å². The molecular weight excluding hydrogens is 270 g/mol. The Kier molecular flexibility index (Phi) is 4.07. The molecule has 1 aromatic carbocycles. The number of nitrogens with zero attached hydrogens (tertiary/aromatic N) is 1. The quantitative estimate of drug-likeness (QED) is 0.781. The highest BCUT2D eigenvalue weighted by atomic mass is 16.5. The van der Waals surface area contributed by atoms with Crippen molar-refractivity contribution in [3.05, 3.63) is 35.9 Å². The molecule has 2 aliphatic rings. The van der Waals surface area contributed by atoms with Gasteiger partial charge in [-0.2, -0.15) is 0 Å². The molecule has 0 N–H and O–H groups in total. The average molecular weight is 299 g/mol. The maximum atomic E-state index is 5.47. The number of anilines is 1. The first kappa shape index (κ1) is 15.6. The number of hydrogen-bond acceptors (Lipinski definition) is 2. The summed E-state index contributed by atoms with van der Waals surface area (Å²) in [6.07, 6.45) is 4.92. The Labute approximate surface area is 135 Å². The van der Waals surface area contributed by atoms with E-state index in [-0.39, 0.29) is 5.41 Å². The molecule has 0 unspecified atom stereocenters. The lowest BCUT2D eigenvalue weighted by Crippen LogP contribution is -2.36. The zero-order chi connectivity index (χ0) is 15.8. The largest absolute Gasteiger partial charge is 0.378 e. The summed E-state index contributed by atoms with van der Waals surface area (Å²) < 4.78 is 5.47. The molecule has 0 bridgehead atoms. The van der Waals surface area contributed by atoms with Crippen LogP contribution in [0.25, 0.3) is 5.57 Å². The summed E-state index contributed by atoms with van der Waals surface area (Å²) >= 11 is 0. The zero-order valence-corrected chi connectivity index (χ0v) is 14.5. The molecule has 1 fully saturated rings. The first-order valence-corrected chi connectivity index (χ1v) is 8.50. The van der Waals surface area contributed by atoms with E-state index in [2.05, 4.69) is 62.9 Å². The number of morpholine rings is 1. The third kappa shape index (κ3) is 3.55. The highest BCUT2D eigenvalue weighted by Crippen LogP contribution is 2.47. The van der Waals surface area contributed by atoms with E-state index >= 15 is 0 Å². The van der Waals surface area contributed by atoms with Crippen molar-refractivity contribution in [3.8, 4) is 0 Å². The lowest BCUT2D eigenvalue weighted by Gasteiger charge is -2.39. The van der Waals surface area contributed by atoms with Gasteiger partial charge in [-0.05, 0) is 46.9 Å². The molecule has 2 heteroatoms. The van der Waals surface area contributed by atoms with E-state index in [0.717, 1.165) is 26.3 Å². The Hall–Kier alpha value is -1.28. The summed E-state index contributed by atoms with van der Waals surface area (Å²) in [6.45, 7) is 13.2. The van der Waals surface area contributed by atoms with Crippen LogP contribution in [0.5, 0.6) is 0 Å². The molecule has 0 aromatic heterocycles. The molecule has 22 heavy (non-hydrogen) atoms. The molecule has 1 aliphatic carbocycles. The fourth-order valence-electron chi connectivity index (χ4n) is 4.29. The molecule has 3 rings (SSSR count). The zero-order valence-electron chi connectivity index (χ0n) is 14.5. The van der Waals surface area contributed by atoms with Crippen LogP contribution in [0.2, 0.25) is 0 Å². The molecule has 0 amide bonds. The van der Waals surface area contributed by atoms with E-state index in [1.807, 2.05) is 0 Å². The fraction of sp³-hybridized carbons (Fsp3) is 0.600. The second kappa shape index (κ2) is 5.73. The van der Waals surface area contributed by atoms with Gasteiger partial charge in [0.05, 0.1) is 13.2 Å². The Morgan fingerprint density at radius 2 is 1.77 bits per heavy atom. The molecule has 1 saturated heterocycles. The third-order valence-corrected chi connectivity index (χ3v) is 4.76. The highest BCUT2D eigenvalue weighted by Gasteiger charge is 2.33. The van der Waals surface area contributed by atoms with Crippen molar-refractivity contribution in [2.45, 2.75) is 40.5 Å². The Balaban J connectivity index is 1.90. The van der Waals surface area contributed by atoms with E-state index in [1.54, 1.807) is 0 Å². The SMILES string of the molecule is CC1(C)C=C(c2cccc(N3CCOCC3)c2)CC(C)(C)C1. The molecule has 0 radical (unpaired) electrons. The minimum Gasteiger partial charge on any atom is -0.378 e. The van der Waals surface area contributed by atoms with Crippen molar-refractivity contribution in [1.29, 1.82) is 0 Å². The smallest absolute Gasteiger partial charge is 0.0642 e. The third-order valence-electron chi connectivity index (χ3n) is 4.76. The molecular formula is C20H29NO. The van der Waals surface area contributed by atoms with Crippen LogP contribution in [0.1, 0.15) is 46.1 Å². The van der Waals surface area contributed by atoms with Gasteiger partial charge in [-0.1, -0.05) is 45.9 Å². The van der Waals surface area contributed by atoms with Gasteiger partial charge in [0.25, 0.3) is 0 Å². The van der Waals surface area contributed by atoms with E-state index in [9.17, 15) is 0 Å². The minimum atomic E-state index is 0.284. The number of ether oxygens (including phenoxy) is 1. The van der Waals surface area contributed by atoms with Crippen molar-refractivity contribution in [2.75, 3.05) is 31.2 Å². The van der Waals surface area contributed by atoms with E-state index in [4.69, 9.17) is 4.74 Å².